The van der Waals surface area contributed by atoms with Crippen LogP contribution in [0.4, 0.5) is 0 Å². The third-order valence-electron chi connectivity index (χ3n) is 3.44. The first-order chi connectivity index (χ1) is 6.77. The molecule has 0 radical (unpaired) electrons. The molecule has 1 fully saturated rings. The first-order valence-corrected chi connectivity index (χ1v) is 6.19. The molecule has 1 nitrogen and oxygen atoms in total. The molecule has 0 aliphatic heterocycles. The SMILES string of the molecule is B=BC1(N)CCCCCCCCCC1. The zero-order valence-corrected chi connectivity index (χ0v) is 9.43. The van der Waals surface area contributed by atoms with Crippen molar-refractivity contribution >= 4 is 14.2 Å². The van der Waals surface area contributed by atoms with E-state index in [1.165, 1.54) is 51.4 Å². The molecule has 0 spiro atoms. The fourth-order valence-corrected chi connectivity index (χ4v) is 2.30. The number of hydrogen-bond acceptors (Lipinski definition) is 1. The maximum absolute atomic E-state index is 6.28. The molecule has 1 aliphatic carbocycles. The zero-order valence-electron chi connectivity index (χ0n) is 9.43. The average Bonchev–Trinajstić information content (AvgIpc) is 2.24. The summed E-state index contributed by atoms with van der Waals surface area (Å²) in [4.78, 5) is 0. The Morgan fingerprint density at radius 2 is 1.14 bits per heavy atom. The van der Waals surface area contributed by atoms with Gasteiger partial charge in [0.2, 0.25) is 0 Å². The maximum atomic E-state index is 6.28. The summed E-state index contributed by atoms with van der Waals surface area (Å²) in [6.45, 7) is 1.98. The quantitative estimate of drug-likeness (QED) is 0.630. The normalized spacial score (nSPS) is 24.6. The standard InChI is InChI=1S/C11H23B2N/c12-13-11(14)9-7-5-3-1-2-4-6-8-10-11/h12H,1-10,14H2. The molecule has 0 aromatic rings. The van der Waals surface area contributed by atoms with Crippen LogP contribution >= 0.6 is 0 Å². The Hall–Kier alpha value is 0.0899. The van der Waals surface area contributed by atoms with Crippen molar-refractivity contribution in [3.8, 4) is 0 Å². The molecule has 2 N–H and O–H groups in total. The van der Waals surface area contributed by atoms with Crippen molar-refractivity contribution in [1.82, 2.24) is 0 Å². The molecule has 0 atom stereocenters. The molecule has 0 aromatic carbocycles. The summed E-state index contributed by atoms with van der Waals surface area (Å²) in [5.41, 5.74) is 6.22. The number of rotatable bonds is 1. The van der Waals surface area contributed by atoms with Crippen LogP contribution in [0.25, 0.3) is 0 Å². The topological polar surface area (TPSA) is 26.0 Å². The Bertz CT molecular complexity index is 159. The third kappa shape index (κ3) is 4.54. The molecule has 0 saturated heterocycles. The van der Waals surface area contributed by atoms with Gasteiger partial charge in [0, 0.05) is 0 Å². The van der Waals surface area contributed by atoms with Crippen molar-refractivity contribution in [3.63, 3.8) is 0 Å². The van der Waals surface area contributed by atoms with Gasteiger partial charge in [0.1, 0.15) is 0 Å². The molecule has 1 aliphatic rings. The second kappa shape index (κ2) is 6.55. The Kier molecular flexibility index (Phi) is 5.69. The van der Waals surface area contributed by atoms with E-state index < -0.39 is 0 Å². The summed E-state index contributed by atoms with van der Waals surface area (Å²) in [5.74, 6) is 0. The van der Waals surface area contributed by atoms with Gasteiger partial charge in [0.15, 0.2) is 0 Å². The second-order valence-corrected chi connectivity index (χ2v) is 4.77. The molecule has 0 unspecified atom stereocenters. The van der Waals surface area contributed by atoms with Crippen molar-refractivity contribution in [1.29, 1.82) is 0 Å². The molecular weight excluding hydrogens is 168 g/mol. The van der Waals surface area contributed by atoms with Gasteiger partial charge in [-0.1, -0.05) is 0 Å². The first-order valence-electron chi connectivity index (χ1n) is 6.19. The molecule has 1 rings (SSSR count). The fourth-order valence-electron chi connectivity index (χ4n) is 2.30. The van der Waals surface area contributed by atoms with Crippen LogP contribution in [0, 0.1) is 0 Å². The van der Waals surface area contributed by atoms with Crippen LogP contribution in [0.1, 0.15) is 64.2 Å². The molecule has 78 valence electrons. The summed E-state index contributed by atoms with van der Waals surface area (Å²) < 4.78 is 0. The first kappa shape index (κ1) is 12.2. The van der Waals surface area contributed by atoms with Gasteiger partial charge < -0.3 is 0 Å². The van der Waals surface area contributed by atoms with Crippen molar-refractivity contribution in [3.05, 3.63) is 0 Å². The fraction of sp³-hybridized carbons (Fsp3) is 1.00. The van der Waals surface area contributed by atoms with Crippen LogP contribution in [0.15, 0.2) is 0 Å². The molecule has 0 bridgehead atoms. The van der Waals surface area contributed by atoms with E-state index in [0.717, 1.165) is 12.8 Å². The van der Waals surface area contributed by atoms with Crippen molar-refractivity contribution in [2.45, 2.75) is 69.6 Å². The molecule has 0 heterocycles. The second-order valence-electron chi connectivity index (χ2n) is 4.77. The van der Waals surface area contributed by atoms with E-state index in [4.69, 9.17) is 5.73 Å². The monoisotopic (exact) mass is 191 g/mol. The van der Waals surface area contributed by atoms with Crippen LogP contribution in [0.2, 0.25) is 0 Å². The van der Waals surface area contributed by atoms with Gasteiger partial charge in [0.25, 0.3) is 0 Å². The Morgan fingerprint density at radius 3 is 1.50 bits per heavy atom. The van der Waals surface area contributed by atoms with Crippen LogP contribution in [0.3, 0.4) is 0 Å². The zero-order chi connectivity index (χ0) is 10.3. The Morgan fingerprint density at radius 1 is 0.786 bits per heavy atom. The van der Waals surface area contributed by atoms with Crippen molar-refractivity contribution in [2.24, 2.45) is 5.73 Å². The van der Waals surface area contributed by atoms with Crippen LogP contribution in [-0.2, 0) is 0 Å². The van der Waals surface area contributed by atoms with E-state index in [1.807, 2.05) is 6.80 Å². The van der Waals surface area contributed by atoms with Crippen molar-refractivity contribution < 1.29 is 0 Å². The van der Waals surface area contributed by atoms with Crippen LogP contribution in [0.5, 0.6) is 0 Å². The molecule has 1 saturated carbocycles. The van der Waals surface area contributed by atoms with E-state index in [9.17, 15) is 0 Å². The molecule has 0 aromatic heterocycles. The van der Waals surface area contributed by atoms with Gasteiger partial charge in [-0.05, 0) is 0 Å². The van der Waals surface area contributed by atoms with Crippen molar-refractivity contribution in [2.75, 3.05) is 0 Å². The van der Waals surface area contributed by atoms with Crippen LogP contribution < -0.4 is 5.73 Å². The van der Waals surface area contributed by atoms with E-state index in [-0.39, 0.29) is 5.44 Å². The van der Waals surface area contributed by atoms with E-state index >= 15 is 0 Å². The summed E-state index contributed by atoms with van der Waals surface area (Å²) >= 11 is 0. The third-order valence-corrected chi connectivity index (χ3v) is 3.44. The molecule has 0 amide bonds. The van der Waals surface area contributed by atoms with Gasteiger partial charge in [-0.3, -0.25) is 0 Å². The summed E-state index contributed by atoms with van der Waals surface area (Å²) in [7, 11) is 3.88. The van der Waals surface area contributed by atoms with E-state index in [2.05, 4.69) is 7.37 Å². The summed E-state index contributed by atoms with van der Waals surface area (Å²) in [5, 5.41) is 0. The molecular formula is C11H23B2N. The van der Waals surface area contributed by atoms with Gasteiger partial charge in [0.05, 0.1) is 0 Å². The van der Waals surface area contributed by atoms with Crippen LogP contribution in [-0.4, -0.2) is 19.6 Å². The Labute approximate surface area is 90.1 Å². The van der Waals surface area contributed by atoms with E-state index in [1.54, 1.807) is 0 Å². The predicted octanol–water partition coefficient (Wildman–Crippen LogP) is 2.08. The molecule has 14 heavy (non-hydrogen) atoms. The van der Waals surface area contributed by atoms with Gasteiger partial charge in [-0.25, -0.2) is 0 Å². The summed E-state index contributed by atoms with van der Waals surface area (Å²) in [6, 6.07) is 0. The van der Waals surface area contributed by atoms with Gasteiger partial charge >= 0.3 is 89.6 Å². The number of nitrogens with two attached hydrogens (primary N) is 1. The average molecular weight is 191 g/mol. The van der Waals surface area contributed by atoms with Gasteiger partial charge in [-0.15, -0.1) is 0 Å². The number of hydrogen-bond donors (Lipinski definition) is 1. The van der Waals surface area contributed by atoms with Gasteiger partial charge in [-0.2, -0.15) is 0 Å². The molecule has 3 heteroatoms. The predicted molar refractivity (Wildman–Crippen MR) is 66.0 cm³/mol. The summed E-state index contributed by atoms with van der Waals surface area (Å²) in [6.07, 6.45) is 13.2. The van der Waals surface area contributed by atoms with E-state index in [0.29, 0.717) is 0 Å². The minimum atomic E-state index is -0.0651. The Balaban J connectivity index is 2.39. The minimum absolute atomic E-state index is 0.0651.